The quantitative estimate of drug-likeness (QED) is 0.888. The molecule has 0 aliphatic carbocycles. The minimum atomic E-state index is -1.80. The van der Waals surface area contributed by atoms with Crippen molar-refractivity contribution in [3.05, 3.63) is 48.3 Å². The van der Waals surface area contributed by atoms with Crippen molar-refractivity contribution >= 4 is 0 Å². The van der Waals surface area contributed by atoms with Gasteiger partial charge in [-0.3, -0.25) is 0 Å². The molecule has 2 rings (SSSR count). The van der Waals surface area contributed by atoms with Gasteiger partial charge in [-0.15, -0.1) is 0 Å². The molecule has 1 N–H and O–H groups in total. The molecule has 6 heteroatoms. The van der Waals surface area contributed by atoms with E-state index in [0.717, 1.165) is 16.8 Å². The zero-order valence-corrected chi connectivity index (χ0v) is 9.09. The molecule has 0 radical (unpaired) electrons. The van der Waals surface area contributed by atoms with Crippen LogP contribution >= 0.6 is 0 Å². The molecule has 1 aromatic carbocycles. The molecule has 0 amide bonds. The van der Waals surface area contributed by atoms with E-state index in [-0.39, 0.29) is 5.56 Å². The predicted octanol–water partition coefficient (Wildman–Crippen LogP) is 1.79. The zero-order valence-electron chi connectivity index (χ0n) is 9.09. The maximum atomic E-state index is 14.0. The second-order valence-corrected chi connectivity index (χ2v) is 3.87. The average molecular weight is 239 g/mol. The van der Waals surface area contributed by atoms with Gasteiger partial charge in [0.05, 0.1) is 0 Å². The highest BCUT2D eigenvalue weighted by Crippen LogP contribution is 2.33. The summed E-state index contributed by atoms with van der Waals surface area (Å²) in [5.74, 6) is -0.444. The first kappa shape index (κ1) is 11.7. The molecule has 0 aliphatic heterocycles. The first-order valence-corrected chi connectivity index (χ1v) is 4.98. The van der Waals surface area contributed by atoms with Crippen molar-refractivity contribution in [1.29, 1.82) is 0 Å². The van der Waals surface area contributed by atoms with E-state index in [4.69, 9.17) is 0 Å². The van der Waals surface area contributed by atoms with Crippen LogP contribution in [0.1, 0.15) is 18.8 Å². The van der Waals surface area contributed by atoms with Gasteiger partial charge in [-0.25, -0.2) is 18.4 Å². The molecule has 2 unspecified atom stereocenters. The molecular formula is C11H11F2N3O. The Morgan fingerprint density at radius 2 is 2.00 bits per heavy atom. The largest absolute Gasteiger partial charge is 0.380 e. The molecule has 0 fully saturated rings. The number of halogens is 2. The van der Waals surface area contributed by atoms with E-state index >= 15 is 0 Å². The van der Waals surface area contributed by atoms with E-state index in [0.29, 0.717) is 0 Å². The number of aromatic nitrogens is 3. The number of alkyl halides is 1. The van der Waals surface area contributed by atoms with E-state index in [1.165, 1.54) is 31.7 Å². The standard InChI is InChI=1S/C11H11F2N3O/c1-11(17,8-2-4-9(12)5-3-8)10(13)16-7-14-6-15-16/h2-7,10,17H,1H3. The van der Waals surface area contributed by atoms with Gasteiger partial charge in [-0.1, -0.05) is 12.1 Å². The maximum absolute atomic E-state index is 14.0. The van der Waals surface area contributed by atoms with Crippen LogP contribution in [0.25, 0.3) is 0 Å². The molecule has 0 saturated heterocycles. The highest BCUT2D eigenvalue weighted by atomic mass is 19.1. The van der Waals surface area contributed by atoms with Crippen molar-refractivity contribution in [3.63, 3.8) is 0 Å². The molecule has 17 heavy (non-hydrogen) atoms. The zero-order chi connectivity index (χ0) is 12.5. The first-order valence-electron chi connectivity index (χ1n) is 4.98. The third kappa shape index (κ3) is 2.16. The lowest BCUT2D eigenvalue weighted by Crippen LogP contribution is -2.31. The first-order chi connectivity index (χ1) is 8.01. The third-order valence-electron chi connectivity index (χ3n) is 2.56. The summed E-state index contributed by atoms with van der Waals surface area (Å²) < 4.78 is 27.7. The number of rotatable bonds is 3. The van der Waals surface area contributed by atoms with Crippen LogP contribution < -0.4 is 0 Å². The Labute approximate surface area is 96.5 Å². The third-order valence-corrected chi connectivity index (χ3v) is 2.56. The van der Waals surface area contributed by atoms with Crippen LogP contribution in [0.5, 0.6) is 0 Å². The van der Waals surface area contributed by atoms with Gasteiger partial charge in [0, 0.05) is 0 Å². The summed E-state index contributed by atoms with van der Waals surface area (Å²) >= 11 is 0. The molecule has 1 aromatic heterocycles. The van der Waals surface area contributed by atoms with Crippen LogP contribution in [0.3, 0.4) is 0 Å². The van der Waals surface area contributed by atoms with Crippen LogP contribution in [-0.2, 0) is 5.60 Å². The fraction of sp³-hybridized carbons (Fsp3) is 0.273. The number of aliphatic hydroxyl groups is 1. The lowest BCUT2D eigenvalue weighted by atomic mass is 9.95. The van der Waals surface area contributed by atoms with E-state index in [1.807, 2.05) is 0 Å². The molecule has 90 valence electrons. The normalized spacial score (nSPS) is 16.5. The Bertz CT molecular complexity index is 482. The van der Waals surface area contributed by atoms with Crippen LogP contribution in [0.2, 0.25) is 0 Å². The van der Waals surface area contributed by atoms with Crippen molar-refractivity contribution in [1.82, 2.24) is 14.8 Å². The predicted molar refractivity (Wildman–Crippen MR) is 56.1 cm³/mol. The van der Waals surface area contributed by atoms with Gasteiger partial charge in [0.2, 0.25) is 6.30 Å². The molecule has 0 aliphatic rings. The summed E-state index contributed by atoms with van der Waals surface area (Å²) in [5, 5.41) is 13.8. The van der Waals surface area contributed by atoms with Gasteiger partial charge in [0.25, 0.3) is 0 Å². The van der Waals surface area contributed by atoms with E-state index in [2.05, 4.69) is 10.1 Å². The second kappa shape index (κ2) is 4.21. The second-order valence-electron chi connectivity index (χ2n) is 3.87. The number of hydrogen-bond donors (Lipinski definition) is 1. The molecule has 1 heterocycles. The Kier molecular flexibility index (Phi) is 2.89. The topological polar surface area (TPSA) is 50.9 Å². The molecule has 2 aromatic rings. The summed E-state index contributed by atoms with van der Waals surface area (Å²) in [5.41, 5.74) is -1.54. The van der Waals surface area contributed by atoms with Crippen molar-refractivity contribution < 1.29 is 13.9 Å². The summed E-state index contributed by atoms with van der Waals surface area (Å²) in [6.07, 6.45) is 0.547. The van der Waals surface area contributed by atoms with Crippen molar-refractivity contribution in [2.45, 2.75) is 18.8 Å². The number of nitrogens with zero attached hydrogens (tertiary/aromatic N) is 3. The van der Waals surface area contributed by atoms with Crippen LogP contribution in [0.15, 0.2) is 36.9 Å². The molecule has 0 bridgehead atoms. The van der Waals surface area contributed by atoms with Crippen molar-refractivity contribution in [2.24, 2.45) is 0 Å². The average Bonchev–Trinajstić information content (AvgIpc) is 2.82. The summed E-state index contributed by atoms with van der Waals surface area (Å²) in [4.78, 5) is 3.61. The van der Waals surface area contributed by atoms with E-state index < -0.39 is 17.7 Å². The minimum absolute atomic E-state index is 0.266. The van der Waals surface area contributed by atoms with Gasteiger partial charge in [0.15, 0.2) is 0 Å². The highest BCUT2D eigenvalue weighted by Gasteiger charge is 2.36. The lowest BCUT2D eigenvalue weighted by Gasteiger charge is -2.27. The monoisotopic (exact) mass is 239 g/mol. The summed E-state index contributed by atoms with van der Waals surface area (Å²) in [6.45, 7) is 1.30. The molecule has 0 spiro atoms. The van der Waals surface area contributed by atoms with Crippen molar-refractivity contribution in [2.75, 3.05) is 0 Å². The van der Waals surface area contributed by atoms with Gasteiger partial charge >= 0.3 is 0 Å². The summed E-state index contributed by atoms with van der Waals surface area (Å²) in [7, 11) is 0. The Morgan fingerprint density at radius 3 is 2.53 bits per heavy atom. The molecule has 2 atom stereocenters. The van der Waals surface area contributed by atoms with Gasteiger partial charge in [0.1, 0.15) is 24.1 Å². The Morgan fingerprint density at radius 1 is 1.35 bits per heavy atom. The minimum Gasteiger partial charge on any atom is -0.380 e. The lowest BCUT2D eigenvalue weighted by molar-refractivity contribution is -0.0664. The summed E-state index contributed by atoms with van der Waals surface area (Å²) in [6, 6.07) is 4.99. The number of benzene rings is 1. The molecular weight excluding hydrogens is 228 g/mol. The maximum Gasteiger partial charge on any atom is 0.225 e. The van der Waals surface area contributed by atoms with Gasteiger partial charge in [-0.05, 0) is 24.6 Å². The Hall–Kier alpha value is -1.82. The van der Waals surface area contributed by atoms with Crippen LogP contribution in [-0.4, -0.2) is 19.9 Å². The fourth-order valence-corrected chi connectivity index (χ4v) is 1.52. The van der Waals surface area contributed by atoms with Crippen molar-refractivity contribution in [3.8, 4) is 0 Å². The smallest absolute Gasteiger partial charge is 0.225 e. The Balaban J connectivity index is 2.32. The van der Waals surface area contributed by atoms with Crippen LogP contribution in [0.4, 0.5) is 8.78 Å². The number of hydrogen-bond acceptors (Lipinski definition) is 3. The molecule has 4 nitrogen and oxygen atoms in total. The fourth-order valence-electron chi connectivity index (χ4n) is 1.52. The van der Waals surface area contributed by atoms with Gasteiger partial charge < -0.3 is 5.11 Å². The van der Waals surface area contributed by atoms with Crippen LogP contribution in [0, 0.1) is 5.82 Å². The SMILES string of the molecule is CC(O)(c1ccc(F)cc1)C(F)n1cncn1. The van der Waals surface area contributed by atoms with E-state index in [9.17, 15) is 13.9 Å². The highest BCUT2D eigenvalue weighted by molar-refractivity contribution is 5.23. The van der Waals surface area contributed by atoms with E-state index in [1.54, 1.807) is 0 Å². The van der Waals surface area contributed by atoms with Gasteiger partial charge in [-0.2, -0.15) is 5.10 Å². The molecule has 0 saturated carbocycles.